The van der Waals surface area contributed by atoms with E-state index in [-0.39, 0.29) is 28.8 Å². The van der Waals surface area contributed by atoms with E-state index in [1.807, 2.05) is 31.2 Å². The molecule has 36 heavy (non-hydrogen) atoms. The van der Waals surface area contributed by atoms with Crippen LogP contribution in [0.2, 0.25) is 5.02 Å². The molecule has 0 radical (unpaired) electrons. The van der Waals surface area contributed by atoms with Gasteiger partial charge in [0, 0.05) is 6.04 Å². The SMILES string of the molecule is CC[C@H](SC1=N/C(=C/c2ccc(OC)cc2)C(=O)N1c1ccc(OC)c(Cl)c1)C(=O)NC1CCCC1. The van der Waals surface area contributed by atoms with E-state index in [4.69, 9.17) is 21.1 Å². The first-order valence-electron chi connectivity index (χ1n) is 12.0. The molecule has 0 spiro atoms. The van der Waals surface area contributed by atoms with Gasteiger partial charge in [-0.05, 0) is 61.2 Å². The highest BCUT2D eigenvalue weighted by molar-refractivity contribution is 8.15. The van der Waals surface area contributed by atoms with E-state index in [0.717, 1.165) is 37.0 Å². The molecular weight excluding hydrogens is 498 g/mol. The first-order chi connectivity index (χ1) is 17.4. The zero-order chi connectivity index (χ0) is 25.7. The molecule has 4 rings (SSSR count). The lowest BCUT2D eigenvalue weighted by atomic mass is 10.2. The fourth-order valence-electron chi connectivity index (χ4n) is 4.27. The number of aliphatic imine (C=N–C) groups is 1. The molecule has 0 aromatic heterocycles. The summed E-state index contributed by atoms with van der Waals surface area (Å²) in [5, 5.41) is 3.61. The van der Waals surface area contributed by atoms with Crippen molar-refractivity contribution < 1.29 is 19.1 Å². The number of amides is 2. The molecule has 7 nitrogen and oxygen atoms in total. The molecule has 2 amide bonds. The van der Waals surface area contributed by atoms with Crippen molar-refractivity contribution in [1.29, 1.82) is 0 Å². The van der Waals surface area contributed by atoms with Crippen LogP contribution in [-0.4, -0.2) is 42.5 Å². The zero-order valence-electron chi connectivity index (χ0n) is 20.6. The van der Waals surface area contributed by atoms with Crippen molar-refractivity contribution in [2.24, 2.45) is 4.99 Å². The Labute approximate surface area is 220 Å². The third kappa shape index (κ3) is 5.87. The van der Waals surface area contributed by atoms with Gasteiger partial charge >= 0.3 is 0 Å². The fraction of sp³-hybridized carbons (Fsp3) is 0.370. The number of hydrogen-bond acceptors (Lipinski definition) is 6. The van der Waals surface area contributed by atoms with Gasteiger partial charge in [0.1, 0.15) is 17.2 Å². The van der Waals surface area contributed by atoms with Crippen molar-refractivity contribution in [3.63, 3.8) is 0 Å². The summed E-state index contributed by atoms with van der Waals surface area (Å²) in [5.74, 6) is 0.920. The third-order valence-corrected chi connectivity index (χ3v) is 7.87. The summed E-state index contributed by atoms with van der Waals surface area (Å²) in [6, 6.07) is 12.7. The van der Waals surface area contributed by atoms with Crippen LogP contribution in [0, 0.1) is 0 Å². The summed E-state index contributed by atoms with van der Waals surface area (Å²) in [6.45, 7) is 1.96. The van der Waals surface area contributed by atoms with Gasteiger partial charge in [0.2, 0.25) is 5.91 Å². The van der Waals surface area contributed by atoms with E-state index < -0.39 is 0 Å². The minimum Gasteiger partial charge on any atom is -0.497 e. The normalized spacial score (nSPS) is 17.9. The van der Waals surface area contributed by atoms with E-state index in [1.165, 1.54) is 23.8 Å². The Balaban J connectivity index is 1.65. The number of nitrogens with zero attached hydrogens (tertiary/aromatic N) is 2. The molecule has 1 saturated carbocycles. The fourth-order valence-corrected chi connectivity index (χ4v) is 5.56. The average Bonchev–Trinajstić information content (AvgIpc) is 3.50. The molecule has 1 aliphatic carbocycles. The molecule has 9 heteroatoms. The number of methoxy groups -OCH3 is 2. The molecule has 0 bridgehead atoms. The van der Waals surface area contributed by atoms with E-state index in [0.29, 0.717) is 28.0 Å². The Bertz CT molecular complexity index is 1180. The van der Waals surface area contributed by atoms with Crippen molar-refractivity contribution in [2.45, 2.75) is 50.3 Å². The summed E-state index contributed by atoms with van der Waals surface area (Å²) in [4.78, 5) is 32.8. The number of ether oxygens (including phenoxy) is 2. The van der Waals surface area contributed by atoms with Crippen molar-refractivity contribution >= 4 is 52.1 Å². The van der Waals surface area contributed by atoms with Crippen LogP contribution in [0.4, 0.5) is 5.69 Å². The molecule has 1 heterocycles. The Kier molecular flexibility index (Phi) is 8.59. The second kappa shape index (κ2) is 11.8. The number of halogens is 1. The van der Waals surface area contributed by atoms with Gasteiger partial charge in [0.15, 0.2) is 5.17 Å². The second-order valence-electron chi connectivity index (χ2n) is 8.66. The highest BCUT2D eigenvalue weighted by Gasteiger charge is 2.35. The van der Waals surface area contributed by atoms with Crippen LogP contribution in [0.3, 0.4) is 0 Å². The third-order valence-electron chi connectivity index (χ3n) is 6.25. The van der Waals surface area contributed by atoms with E-state index in [2.05, 4.69) is 10.3 Å². The summed E-state index contributed by atoms with van der Waals surface area (Å²) in [6.07, 6.45) is 6.64. The van der Waals surface area contributed by atoms with Crippen LogP contribution in [-0.2, 0) is 9.59 Å². The molecular formula is C27H30ClN3O4S. The molecule has 1 N–H and O–H groups in total. The summed E-state index contributed by atoms with van der Waals surface area (Å²) in [5.41, 5.74) is 1.65. The van der Waals surface area contributed by atoms with Gasteiger partial charge in [-0.2, -0.15) is 0 Å². The predicted octanol–water partition coefficient (Wildman–Crippen LogP) is 5.67. The first-order valence-corrected chi connectivity index (χ1v) is 13.3. The number of nitrogens with one attached hydrogen (secondary N) is 1. The largest absolute Gasteiger partial charge is 0.497 e. The molecule has 2 aliphatic rings. The molecule has 0 saturated heterocycles. The monoisotopic (exact) mass is 527 g/mol. The molecule has 0 unspecified atom stereocenters. The average molecular weight is 528 g/mol. The van der Waals surface area contributed by atoms with E-state index in [9.17, 15) is 9.59 Å². The smallest absolute Gasteiger partial charge is 0.283 e. The van der Waals surface area contributed by atoms with Gasteiger partial charge in [-0.25, -0.2) is 4.99 Å². The van der Waals surface area contributed by atoms with Gasteiger partial charge in [0.25, 0.3) is 5.91 Å². The van der Waals surface area contributed by atoms with Gasteiger partial charge in [-0.15, -0.1) is 0 Å². The number of rotatable bonds is 8. The minimum absolute atomic E-state index is 0.0233. The number of carbonyl (C=O) groups excluding carboxylic acids is 2. The van der Waals surface area contributed by atoms with Crippen LogP contribution >= 0.6 is 23.4 Å². The Hall–Kier alpha value is -2.97. The van der Waals surface area contributed by atoms with Gasteiger partial charge in [-0.1, -0.05) is 55.3 Å². The van der Waals surface area contributed by atoms with Crippen LogP contribution < -0.4 is 19.7 Å². The lowest BCUT2D eigenvalue weighted by molar-refractivity contribution is -0.121. The number of hydrogen-bond donors (Lipinski definition) is 1. The molecule has 2 aromatic rings. The summed E-state index contributed by atoms with van der Waals surface area (Å²) in [7, 11) is 3.14. The number of amidine groups is 1. The highest BCUT2D eigenvalue weighted by Crippen LogP contribution is 2.36. The van der Waals surface area contributed by atoms with Gasteiger partial charge in [-0.3, -0.25) is 14.5 Å². The van der Waals surface area contributed by atoms with Crippen LogP contribution in [0.5, 0.6) is 11.5 Å². The van der Waals surface area contributed by atoms with Gasteiger partial charge in [0.05, 0.1) is 30.2 Å². The van der Waals surface area contributed by atoms with Crippen molar-refractivity contribution in [3.8, 4) is 11.5 Å². The van der Waals surface area contributed by atoms with Gasteiger partial charge < -0.3 is 14.8 Å². The lowest BCUT2D eigenvalue weighted by Crippen LogP contribution is -2.40. The van der Waals surface area contributed by atoms with Crippen LogP contribution in [0.25, 0.3) is 6.08 Å². The molecule has 1 atom stereocenters. The number of anilines is 1. The maximum absolute atomic E-state index is 13.6. The molecule has 1 fully saturated rings. The van der Waals surface area contributed by atoms with E-state index in [1.54, 1.807) is 31.4 Å². The second-order valence-corrected chi connectivity index (χ2v) is 10.2. The van der Waals surface area contributed by atoms with Crippen LogP contribution in [0.1, 0.15) is 44.6 Å². The first kappa shape index (κ1) is 26.1. The summed E-state index contributed by atoms with van der Waals surface area (Å²) >= 11 is 7.67. The number of carbonyl (C=O) groups is 2. The van der Waals surface area contributed by atoms with Crippen molar-refractivity contribution in [1.82, 2.24) is 5.32 Å². The zero-order valence-corrected chi connectivity index (χ0v) is 22.2. The quantitative estimate of drug-likeness (QED) is 0.447. The number of thioether (sulfide) groups is 1. The Morgan fingerprint density at radius 2 is 1.92 bits per heavy atom. The molecule has 2 aromatic carbocycles. The van der Waals surface area contributed by atoms with E-state index >= 15 is 0 Å². The maximum atomic E-state index is 13.6. The van der Waals surface area contributed by atoms with Crippen molar-refractivity contribution in [2.75, 3.05) is 19.1 Å². The predicted molar refractivity (Wildman–Crippen MR) is 146 cm³/mol. The maximum Gasteiger partial charge on any atom is 0.283 e. The highest BCUT2D eigenvalue weighted by atomic mass is 35.5. The number of benzene rings is 2. The van der Waals surface area contributed by atoms with Crippen LogP contribution in [0.15, 0.2) is 53.2 Å². The molecule has 1 aliphatic heterocycles. The Morgan fingerprint density at radius 1 is 1.19 bits per heavy atom. The summed E-state index contributed by atoms with van der Waals surface area (Å²) < 4.78 is 10.5. The Morgan fingerprint density at radius 3 is 2.53 bits per heavy atom. The lowest BCUT2D eigenvalue weighted by Gasteiger charge is -2.22. The topological polar surface area (TPSA) is 80.2 Å². The standard InChI is InChI=1S/C27H30ClN3O4S/c1-4-24(25(32)29-18-7-5-6-8-18)36-27-30-22(15-17-9-12-20(34-2)13-10-17)26(33)31(27)19-11-14-23(35-3)21(28)16-19/h9-16,18,24H,4-8H2,1-3H3,(H,29,32)/b22-15+/t24-/m0/s1. The minimum atomic E-state index is -0.381. The molecule has 190 valence electrons. The van der Waals surface area contributed by atoms with Crippen molar-refractivity contribution in [3.05, 3.63) is 58.7 Å².